The van der Waals surface area contributed by atoms with Gasteiger partial charge in [0.15, 0.2) is 5.84 Å². The molecule has 2 heterocycles. The number of sulfonamides is 2. The van der Waals surface area contributed by atoms with E-state index in [-0.39, 0.29) is 21.4 Å². The lowest BCUT2D eigenvalue weighted by Gasteiger charge is -2.43. The summed E-state index contributed by atoms with van der Waals surface area (Å²) in [6.07, 6.45) is 5.55. The highest BCUT2D eigenvalue weighted by Gasteiger charge is 2.44. The number of hydrogen-bond donors (Lipinski definition) is 0. The normalized spacial score (nSPS) is 16.2. The second kappa shape index (κ2) is 13.3. The number of anilines is 1. The summed E-state index contributed by atoms with van der Waals surface area (Å²) in [5.41, 5.74) is 5.45. The van der Waals surface area contributed by atoms with Gasteiger partial charge in [-0.3, -0.25) is 4.90 Å². The first-order chi connectivity index (χ1) is 23.9. The van der Waals surface area contributed by atoms with Crippen molar-refractivity contribution in [2.45, 2.75) is 23.6 Å². The number of para-hydroxylation sites is 1. The average molecular weight is 828 g/mol. The summed E-state index contributed by atoms with van der Waals surface area (Å²) in [5, 5.41) is 0. The molecule has 0 amide bonds. The SMILES string of the molecule is Cc1ccc(S(=O)(=O)/N=C2\C(c3ccc(Br)cc3)=C3C=Cc4ccccc4N3/C(=C\c3ccc(Br)cc3)N2S(=O)(=O)c2ccc(C)cc2)cc1. The van der Waals surface area contributed by atoms with Crippen molar-refractivity contribution in [2.75, 3.05) is 4.90 Å². The molecule has 2 aliphatic rings. The predicted octanol–water partition coefficient (Wildman–Crippen LogP) is 9.56. The minimum atomic E-state index is -4.52. The van der Waals surface area contributed by atoms with E-state index < -0.39 is 20.0 Å². The molecule has 11 heteroatoms. The topological polar surface area (TPSA) is 87.1 Å². The van der Waals surface area contributed by atoms with Crippen LogP contribution in [0.2, 0.25) is 0 Å². The van der Waals surface area contributed by atoms with Crippen LogP contribution in [0.15, 0.2) is 162 Å². The standard InChI is InChI=1S/C39H29Br2N3O4S2/c1-26-7-20-33(21-8-26)49(45,46)42-39-38(30-13-18-32(41)19-14-30)36-24-15-29-5-3-4-6-35(29)43(36)37(25-28-11-16-31(40)17-12-28)44(39)50(47,48)34-22-9-27(2)10-23-34/h3-25H,1-2H3/b37-25+,42-39+. The lowest BCUT2D eigenvalue weighted by Crippen LogP contribution is -2.48. The van der Waals surface area contributed by atoms with Crippen molar-refractivity contribution in [3.8, 4) is 0 Å². The van der Waals surface area contributed by atoms with Gasteiger partial charge in [0.25, 0.3) is 20.0 Å². The first kappa shape index (κ1) is 33.9. The third-order valence-electron chi connectivity index (χ3n) is 8.33. The maximum atomic E-state index is 15.2. The molecule has 0 spiro atoms. The van der Waals surface area contributed by atoms with Crippen LogP contribution in [0, 0.1) is 13.8 Å². The van der Waals surface area contributed by atoms with Gasteiger partial charge in [-0.2, -0.15) is 12.7 Å². The molecule has 0 N–H and O–H groups in total. The van der Waals surface area contributed by atoms with Gasteiger partial charge in [-0.15, -0.1) is 4.40 Å². The molecule has 0 aromatic heterocycles. The number of fused-ring (bicyclic) bond motifs is 3. The first-order valence-corrected chi connectivity index (χ1v) is 20.0. The van der Waals surface area contributed by atoms with Crippen LogP contribution < -0.4 is 4.90 Å². The largest absolute Gasteiger partial charge is 0.294 e. The number of hydrogen-bond acceptors (Lipinski definition) is 5. The van der Waals surface area contributed by atoms with Gasteiger partial charge in [0.2, 0.25) is 0 Å². The van der Waals surface area contributed by atoms with E-state index in [1.54, 1.807) is 30.3 Å². The molecule has 0 bridgehead atoms. The Kier molecular flexibility index (Phi) is 9.02. The highest BCUT2D eigenvalue weighted by molar-refractivity contribution is 9.10. The van der Waals surface area contributed by atoms with Crippen molar-refractivity contribution >= 4 is 81.2 Å². The fourth-order valence-electron chi connectivity index (χ4n) is 5.80. The van der Waals surface area contributed by atoms with Crippen molar-refractivity contribution in [3.63, 3.8) is 0 Å². The van der Waals surface area contributed by atoms with E-state index in [9.17, 15) is 8.42 Å². The van der Waals surface area contributed by atoms with Crippen LogP contribution in [-0.4, -0.2) is 27.0 Å². The smallest absolute Gasteiger partial charge is 0.284 e. The van der Waals surface area contributed by atoms with Crippen molar-refractivity contribution in [1.82, 2.24) is 4.31 Å². The van der Waals surface area contributed by atoms with Crippen LogP contribution in [0.5, 0.6) is 0 Å². The summed E-state index contributed by atoms with van der Waals surface area (Å²) in [6.45, 7) is 3.73. The Morgan fingerprint density at radius 2 is 1.20 bits per heavy atom. The van der Waals surface area contributed by atoms with Gasteiger partial charge >= 0.3 is 0 Å². The molecule has 50 heavy (non-hydrogen) atoms. The predicted molar refractivity (Wildman–Crippen MR) is 207 cm³/mol. The molecule has 250 valence electrons. The Labute approximate surface area is 309 Å². The van der Waals surface area contributed by atoms with E-state index in [1.807, 2.05) is 104 Å². The monoisotopic (exact) mass is 825 g/mol. The Morgan fingerprint density at radius 3 is 1.82 bits per heavy atom. The van der Waals surface area contributed by atoms with E-state index in [1.165, 1.54) is 24.3 Å². The Bertz CT molecular complexity index is 2470. The highest BCUT2D eigenvalue weighted by atomic mass is 79.9. The summed E-state index contributed by atoms with van der Waals surface area (Å²) in [7, 11) is -8.96. The minimum absolute atomic E-state index is 0.0234. The third kappa shape index (κ3) is 6.42. The van der Waals surface area contributed by atoms with Gasteiger partial charge in [0, 0.05) is 8.95 Å². The summed E-state index contributed by atoms with van der Waals surface area (Å²) in [4.78, 5) is 1.77. The molecule has 5 aromatic carbocycles. The van der Waals surface area contributed by atoms with Gasteiger partial charge < -0.3 is 0 Å². The second-order valence-electron chi connectivity index (χ2n) is 11.8. The zero-order valence-electron chi connectivity index (χ0n) is 26.8. The van der Waals surface area contributed by atoms with Crippen molar-refractivity contribution in [2.24, 2.45) is 4.40 Å². The maximum Gasteiger partial charge on any atom is 0.284 e. The molecule has 0 saturated carbocycles. The number of allylic oxidation sites excluding steroid dienone is 1. The summed E-state index contributed by atoms with van der Waals surface area (Å²) >= 11 is 7.00. The number of halogens is 2. The molecule has 7 nitrogen and oxygen atoms in total. The Morgan fingerprint density at radius 1 is 0.640 bits per heavy atom. The number of aryl methyl sites for hydroxylation is 2. The number of benzene rings is 5. The summed E-state index contributed by atoms with van der Waals surface area (Å²) in [6, 6.07) is 35.2. The third-order valence-corrected chi connectivity index (χ3v) is 12.4. The van der Waals surface area contributed by atoms with Crippen LogP contribution in [0.1, 0.15) is 27.8 Å². The minimum Gasteiger partial charge on any atom is -0.294 e. The number of nitrogens with zero attached hydrogens (tertiary/aromatic N) is 3. The van der Waals surface area contributed by atoms with Crippen LogP contribution in [0.3, 0.4) is 0 Å². The molecule has 0 atom stereocenters. The van der Waals surface area contributed by atoms with Gasteiger partial charge in [-0.1, -0.05) is 116 Å². The fraction of sp³-hybridized carbons (Fsp3) is 0.0513. The molecule has 0 fully saturated rings. The van der Waals surface area contributed by atoms with Crippen molar-refractivity contribution in [1.29, 1.82) is 0 Å². The first-order valence-electron chi connectivity index (χ1n) is 15.5. The van der Waals surface area contributed by atoms with Crippen LogP contribution in [0.4, 0.5) is 5.69 Å². The van der Waals surface area contributed by atoms with E-state index in [0.29, 0.717) is 28.1 Å². The van der Waals surface area contributed by atoms with Gasteiger partial charge in [-0.25, -0.2) is 8.42 Å². The summed E-state index contributed by atoms with van der Waals surface area (Å²) in [5.74, 6) is -0.0782. The number of rotatable bonds is 6. The van der Waals surface area contributed by atoms with Crippen molar-refractivity contribution < 1.29 is 16.8 Å². The Hall–Kier alpha value is -4.55. The zero-order chi connectivity index (χ0) is 35.2. The molecule has 5 aromatic rings. The molecule has 7 rings (SSSR count). The molecule has 0 unspecified atom stereocenters. The molecule has 0 radical (unpaired) electrons. The Balaban J connectivity index is 1.64. The quantitative estimate of drug-likeness (QED) is 0.170. The fourth-order valence-corrected chi connectivity index (χ4v) is 8.80. The number of amidine groups is 1. The van der Waals surface area contributed by atoms with E-state index >= 15 is 8.42 Å². The van der Waals surface area contributed by atoms with Crippen LogP contribution >= 0.6 is 31.9 Å². The molecule has 0 aliphatic carbocycles. The molecule has 0 saturated heterocycles. The van der Waals surface area contributed by atoms with Crippen LogP contribution in [0.25, 0.3) is 17.7 Å². The second-order valence-corrected chi connectivity index (χ2v) is 17.1. The lowest BCUT2D eigenvalue weighted by molar-refractivity contribution is 0.550. The van der Waals surface area contributed by atoms with Crippen molar-refractivity contribution in [3.05, 3.63) is 176 Å². The average Bonchev–Trinajstić information content (AvgIpc) is 3.10. The molecule has 2 aliphatic heterocycles. The van der Waals surface area contributed by atoms with E-state index in [2.05, 4.69) is 36.3 Å². The molecular weight excluding hydrogens is 798 g/mol. The van der Waals surface area contributed by atoms with Gasteiger partial charge in [-0.05, 0) is 97.3 Å². The van der Waals surface area contributed by atoms with E-state index in [4.69, 9.17) is 0 Å². The zero-order valence-corrected chi connectivity index (χ0v) is 31.6. The van der Waals surface area contributed by atoms with E-state index in [0.717, 1.165) is 29.9 Å². The molecular formula is C39H29Br2N3O4S2. The maximum absolute atomic E-state index is 15.2. The summed E-state index contributed by atoms with van der Waals surface area (Å²) < 4.78 is 66.0. The highest BCUT2D eigenvalue weighted by Crippen LogP contribution is 2.46. The van der Waals surface area contributed by atoms with Gasteiger partial charge in [0.1, 0.15) is 5.82 Å². The van der Waals surface area contributed by atoms with Gasteiger partial charge in [0.05, 0.1) is 26.7 Å². The van der Waals surface area contributed by atoms with Crippen LogP contribution in [-0.2, 0) is 20.0 Å². The lowest BCUT2D eigenvalue weighted by atomic mass is 9.95.